The molecule has 6 heteroatoms. The Bertz CT molecular complexity index is 456. The van der Waals surface area contributed by atoms with Crippen LogP contribution < -0.4 is 10.2 Å². The second-order valence-corrected chi connectivity index (χ2v) is 5.86. The smallest absolute Gasteiger partial charge is 0.367 e. The van der Waals surface area contributed by atoms with Crippen LogP contribution in [0.5, 0.6) is 0 Å². The van der Waals surface area contributed by atoms with Crippen molar-refractivity contribution in [2.24, 2.45) is 0 Å². The van der Waals surface area contributed by atoms with Crippen LogP contribution in [0, 0.1) is 0 Å². The fraction of sp³-hybridized carbons (Fsp3) is 0.571. The Hall–Kier alpha value is -0.750. The Morgan fingerprint density at radius 1 is 1.40 bits per heavy atom. The molecule has 0 aliphatic carbocycles. The van der Waals surface area contributed by atoms with Crippen LogP contribution >= 0.6 is 15.9 Å². The molecule has 0 aromatic heterocycles. The van der Waals surface area contributed by atoms with Gasteiger partial charge in [0.05, 0.1) is 11.3 Å². The van der Waals surface area contributed by atoms with Crippen LogP contribution in [0.25, 0.3) is 0 Å². The number of nitrogens with zero attached hydrogens (tertiary/aromatic N) is 1. The van der Waals surface area contributed by atoms with Crippen LogP contribution in [0.2, 0.25) is 0 Å². The number of hydrogen-bond donors (Lipinski definition) is 1. The van der Waals surface area contributed by atoms with Gasteiger partial charge in [-0.15, -0.1) is 0 Å². The molecule has 1 heterocycles. The predicted octanol–water partition coefficient (Wildman–Crippen LogP) is 4.05. The van der Waals surface area contributed by atoms with E-state index in [-0.39, 0.29) is 11.7 Å². The van der Waals surface area contributed by atoms with Gasteiger partial charge in [0.15, 0.2) is 0 Å². The molecule has 1 aliphatic heterocycles. The van der Waals surface area contributed by atoms with Crippen LogP contribution in [0.15, 0.2) is 22.7 Å². The average molecular weight is 351 g/mol. The highest BCUT2D eigenvalue weighted by Gasteiger charge is 2.36. The van der Waals surface area contributed by atoms with E-state index in [0.717, 1.165) is 32.0 Å². The number of hydrogen-bond acceptors (Lipinski definition) is 2. The summed E-state index contributed by atoms with van der Waals surface area (Å²) in [5, 5.41) is 3.26. The highest BCUT2D eigenvalue weighted by molar-refractivity contribution is 9.10. The lowest BCUT2D eigenvalue weighted by atomic mass is 10.0. The molecule has 2 nitrogen and oxygen atoms in total. The quantitative estimate of drug-likeness (QED) is 0.884. The molecule has 0 spiro atoms. The summed E-state index contributed by atoms with van der Waals surface area (Å²) in [6, 6.07) is 4.28. The van der Waals surface area contributed by atoms with Crippen molar-refractivity contribution in [1.82, 2.24) is 5.32 Å². The summed E-state index contributed by atoms with van der Waals surface area (Å²) in [4.78, 5) is 1.86. The van der Waals surface area contributed by atoms with E-state index in [0.29, 0.717) is 11.0 Å². The molecule has 1 fully saturated rings. The molecule has 1 aromatic carbocycles. The number of nitrogens with one attached hydrogen (secondary N) is 1. The molecule has 1 N–H and O–H groups in total. The van der Waals surface area contributed by atoms with E-state index >= 15 is 0 Å². The standard InChI is InChI=1S/C14H18BrF3N2/c1-2-20(11-4-3-7-19-9-11)13-8-10(15)5-6-12(13)14(16,17)18/h5-6,8,11,19H,2-4,7,9H2,1H3. The Morgan fingerprint density at radius 3 is 2.70 bits per heavy atom. The maximum Gasteiger partial charge on any atom is 0.418 e. The maximum absolute atomic E-state index is 13.2. The predicted molar refractivity (Wildman–Crippen MR) is 78.1 cm³/mol. The molecule has 1 atom stereocenters. The van der Waals surface area contributed by atoms with E-state index in [2.05, 4.69) is 21.2 Å². The van der Waals surface area contributed by atoms with Crippen LogP contribution in [-0.2, 0) is 6.18 Å². The highest BCUT2D eigenvalue weighted by atomic mass is 79.9. The van der Waals surface area contributed by atoms with Crippen LogP contribution in [0.1, 0.15) is 25.3 Å². The van der Waals surface area contributed by atoms with Gasteiger partial charge < -0.3 is 10.2 Å². The van der Waals surface area contributed by atoms with E-state index in [1.807, 2.05) is 11.8 Å². The van der Waals surface area contributed by atoms with Gasteiger partial charge in [-0.2, -0.15) is 13.2 Å². The summed E-state index contributed by atoms with van der Waals surface area (Å²) in [5.41, 5.74) is -0.295. The maximum atomic E-state index is 13.2. The first-order valence-corrected chi connectivity index (χ1v) is 7.57. The summed E-state index contributed by atoms with van der Waals surface area (Å²) in [5.74, 6) is 0. The lowest BCUT2D eigenvalue weighted by molar-refractivity contribution is -0.137. The largest absolute Gasteiger partial charge is 0.418 e. The fourth-order valence-corrected chi connectivity index (χ4v) is 3.06. The average Bonchev–Trinajstić information content (AvgIpc) is 2.39. The number of rotatable bonds is 3. The van der Waals surface area contributed by atoms with Crippen molar-refractivity contribution >= 4 is 21.6 Å². The molecule has 20 heavy (non-hydrogen) atoms. The van der Waals surface area contributed by atoms with E-state index in [1.54, 1.807) is 6.07 Å². The molecule has 0 radical (unpaired) electrons. The van der Waals surface area contributed by atoms with Crippen molar-refractivity contribution in [1.29, 1.82) is 0 Å². The van der Waals surface area contributed by atoms with Gasteiger partial charge in [-0.25, -0.2) is 0 Å². The van der Waals surface area contributed by atoms with Gasteiger partial charge in [-0.05, 0) is 44.5 Å². The van der Waals surface area contributed by atoms with Gasteiger partial charge in [0.25, 0.3) is 0 Å². The number of alkyl halides is 3. The van der Waals surface area contributed by atoms with Crippen LogP contribution in [0.3, 0.4) is 0 Å². The van der Waals surface area contributed by atoms with Gasteiger partial charge in [0, 0.05) is 23.6 Å². The first kappa shape index (κ1) is 15.6. The molecular formula is C14H18BrF3N2. The highest BCUT2D eigenvalue weighted by Crippen LogP contribution is 2.39. The summed E-state index contributed by atoms with van der Waals surface area (Å²) in [7, 11) is 0. The van der Waals surface area contributed by atoms with E-state index in [9.17, 15) is 13.2 Å². The van der Waals surface area contributed by atoms with Gasteiger partial charge in [0.1, 0.15) is 0 Å². The minimum atomic E-state index is -4.33. The molecule has 0 saturated carbocycles. The monoisotopic (exact) mass is 350 g/mol. The SMILES string of the molecule is CCN(c1cc(Br)ccc1C(F)(F)F)C1CCCNC1. The number of halogens is 4. The molecule has 0 amide bonds. The first-order chi connectivity index (χ1) is 9.43. The lowest BCUT2D eigenvalue weighted by Gasteiger charge is -2.37. The second kappa shape index (κ2) is 6.35. The Morgan fingerprint density at radius 2 is 2.15 bits per heavy atom. The topological polar surface area (TPSA) is 15.3 Å². The Balaban J connectivity index is 2.39. The zero-order valence-electron chi connectivity index (χ0n) is 11.3. The van der Waals surface area contributed by atoms with Gasteiger partial charge in [-0.3, -0.25) is 0 Å². The van der Waals surface area contributed by atoms with Crippen molar-refractivity contribution in [3.05, 3.63) is 28.2 Å². The van der Waals surface area contributed by atoms with E-state index in [1.165, 1.54) is 6.07 Å². The number of piperidine rings is 1. The molecule has 1 saturated heterocycles. The van der Waals surface area contributed by atoms with Crippen molar-refractivity contribution in [3.63, 3.8) is 0 Å². The van der Waals surface area contributed by atoms with Crippen molar-refractivity contribution < 1.29 is 13.2 Å². The Labute approximate surface area is 125 Å². The molecule has 2 rings (SSSR count). The number of likely N-dealkylation sites (N-methyl/N-ethyl adjacent to an activating group) is 1. The molecule has 112 valence electrons. The third-order valence-electron chi connectivity index (χ3n) is 3.63. The number of anilines is 1. The van der Waals surface area contributed by atoms with Crippen molar-refractivity contribution in [3.8, 4) is 0 Å². The summed E-state index contributed by atoms with van der Waals surface area (Å²) in [6.07, 6.45) is -2.41. The molecule has 1 aliphatic rings. The summed E-state index contributed by atoms with van der Waals surface area (Å²) in [6.45, 7) is 4.14. The molecule has 0 bridgehead atoms. The Kier molecular flexibility index (Phi) is 4.96. The normalized spacial score (nSPS) is 19.9. The van der Waals surface area contributed by atoms with E-state index < -0.39 is 11.7 Å². The fourth-order valence-electron chi connectivity index (χ4n) is 2.71. The summed E-state index contributed by atoms with van der Waals surface area (Å²) >= 11 is 3.27. The molecule has 1 aromatic rings. The van der Waals surface area contributed by atoms with Crippen molar-refractivity contribution in [2.45, 2.75) is 32.0 Å². The van der Waals surface area contributed by atoms with Crippen LogP contribution in [0.4, 0.5) is 18.9 Å². The third-order valence-corrected chi connectivity index (χ3v) is 4.12. The zero-order valence-corrected chi connectivity index (χ0v) is 12.9. The van der Waals surface area contributed by atoms with Gasteiger partial charge >= 0.3 is 6.18 Å². The minimum absolute atomic E-state index is 0.115. The second-order valence-electron chi connectivity index (χ2n) is 4.95. The van der Waals surface area contributed by atoms with Gasteiger partial charge in [0.2, 0.25) is 0 Å². The van der Waals surface area contributed by atoms with Crippen molar-refractivity contribution in [2.75, 3.05) is 24.5 Å². The molecular weight excluding hydrogens is 333 g/mol. The summed E-state index contributed by atoms with van der Waals surface area (Å²) < 4.78 is 40.2. The minimum Gasteiger partial charge on any atom is -0.367 e. The zero-order chi connectivity index (χ0) is 14.8. The van der Waals surface area contributed by atoms with Gasteiger partial charge in [-0.1, -0.05) is 15.9 Å². The number of benzene rings is 1. The van der Waals surface area contributed by atoms with E-state index in [4.69, 9.17) is 0 Å². The molecule has 1 unspecified atom stereocenters. The third kappa shape index (κ3) is 3.47. The first-order valence-electron chi connectivity index (χ1n) is 6.77. The van der Waals surface area contributed by atoms with Crippen LogP contribution in [-0.4, -0.2) is 25.7 Å². The lowest BCUT2D eigenvalue weighted by Crippen LogP contribution is -2.46.